The Labute approximate surface area is 115 Å². The first-order valence-electron chi connectivity index (χ1n) is 6.08. The Morgan fingerprint density at radius 3 is 2.67 bits per heavy atom. The van der Waals surface area contributed by atoms with Gasteiger partial charge in [-0.25, -0.2) is 9.97 Å². The van der Waals surface area contributed by atoms with E-state index >= 15 is 0 Å². The number of carbonyl (C=O) groups excluding carboxylic acids is 1. The molecule has 1 amide bonds. The molecule has 1 fully saturated rings. The number of aromatic nitrogens is 2. The van der Waals surface area contributed by atoms with Crippen LogP contribution in [-0.2, 0) is 4.79 Å². The van der Waals surface area contributed by atoms with Gasteiger partial charge in [0.2, 0.25) is 5.91 Å². The van der Waals surface area contributed by atoms with Crippen molar-refractivity contribution in [3.05, 3.63) is 16.5 Å². The Hall–Kier alpha value is -1.17. The maximum absolute atomic E-state index is 11.6. The van der Waals surface area contributed by atoms with Gasteiger partial charge in [-0.1, -0.05) is 0 Å². The normalized spacial score (nSPS) is 16.7. The minimum Gasteiger partial charge on any atom is -0.359 e. The maximum Gasteiger partial charge on any atom is 0.222 e. The lowest BCUT2D eigenvalue weighted by Gasteiger charge is -2.32. The highest BCUT2D eigenvalue weighted by Crippen LogP contribution is 2.23. The summed E-state index contributed by atoms with van der Waals surface area (Å²) in [5, 5.41) is 2.72. The van der Waals surface area contributed by atoms with E-state index in [9.17, 15) is 4.79 Å². The summed E-state index contributed by atoms with van der Waals surface area (Å²) < 4.78 is 0.804. The van der Waals surface area contributed by atoms with Gasteiger partial charge in [-0.2, -0.15) is 0 Å². The summed E-state index contributed by atoms with van der Waals surface area (Å²) in [6, 6.07) is 1.92. The number of piperidine rings is 1. The molecule has 18 heavy (non-hydrogen) atoms. The first kappa shape index (κ1) is 13.3. The average Bonchev–Trinajstić information content (AvgIpc) is 2.37. The molecule has 0 saturated carbocycles. The van der Waals surface area contributed by atoms with E-state index < -0.39 is 0 Å². The summed E-state index contributed by atoms with van der Waals surface area (Å²) in [5.41, 5.74) is 0. The van der Waals surface area contributed by atoms with Crippen LogP contribution in [0.1, 0.15) is 18.7 Å². The number of hydrogen-bond acceptors (Lipinski definition) is 4. The summed E-state index contributed by atoms with van der Waals surface area (Å²) in [6.07, 6.45) is 1.75. The molecular weight excluding hydrogens is 296 g/mol. The zero-order valence-corrected chi connectivity index (χ0v) is 12.2. The molecule has 1 aromatic heterocycles. The monoisotopic (exact) mass is 312 g/mol. The molecule has 1 saturated heterocycles. The van der Waals surface area contributed by atoms with Gasteiger partial charge >= 0.3 is 0 Å². The third-order valence-electron chi connectivity index (χ3n) is 3.23. The molecule has 5 nitrogen and oxygen atoms in total. The SMILES string of the molecule is CNC(=O)C1CCN(c2cc(Br)nc(C)n2)CC1. The summed E-state index contributed by atoms with van der Waals surface area (Å²) in [4.78, 5) is 22.4. The molecule has 1 aliphatic heterocycles. The minimum absolute atomic E-state index is 0.137. The van der Waals surface area contributed by atoms with Gasteiger partial charge < -0.3 is 10.2 Å². The highest BCUT2D eigenvalue weighted by Gasteiger charge is 2.25. The molecule has 98 valence electrons. The molecule has 6 heteroatoms. The van der Waals surface area contributed by atoms with E-state index in [4.69, 9.17) is 0 Å². The molecule has 2 heterocycles. The van der Waals surface area contributed by atoms with Gasteiger partial charge in [0, 0.05) is 32.1 Å². The minimum atomic E-state index is 0.137. The summed E-state index contributed by atoms with van der Waals surface area (Å²) in [7, 11) is 1.69. The van der Waals surface area contributed by atoms with E-state index in [1.165, 1.54) is 0 Å². The third-order valence-corrected chi connectivity index (χ3v) is 3.64. The predicted molar refractivity (Wildman–Crippen MR) is 73.5 cm³/mol. The number of anilines is 1. The van der Waals surface area contributed by atoms with Crippen molar-refractivity contribution in [2.45, 2.75) is 19.8 Å². The van der Waals surface area contributed by atoms with Gasteiger partial charge in [0.05, 0.1) is 0 Å². The van der Waals surface area contributed by atoms with Gasteiger partial charge in [0.15, 0.2) is 0 Å². The van der Waals surface area contributed by atoms with Crippen molar-refractivity contribution in [3.63, 3.8) is 0 Å². The fourth-order valence-electron chi connectivity index (χ4n) is 2.25. The second kappa shape index (κ2) is 5.65. The van der Waals surface area contributed by atoms with Crippen molar-refractivity contribution in [2.75, 3.05) is 25.0 Å². The molecule has 0 atom stereocenters. The van der Waals surface area contributed by atoms with Crippen molar-refractivity contribution in [1.29, 1.82) is 0 Å². The molecule has 0 spiro atoms. The van der Waals surface area contributed by atoms with E-state index in [1.54, 1.807) is 7.05 Å². The molecule has 0 radical (unpaired) electrons. The fraction of sp³-hybridized carbons (Fsp3) is 0.583. The standard InChI is InChI=1S/C12H17BrN4O/c1-8-15-10(13)7-11(16-8)17-5-3-9(4-6-17)12(18)14-2/h7,9H,3-6H2,1-2H3,(H,14,18). The van der Waals surface area contributed by atoms with Crippen molar-refractivity contribution in [1.82, 2.24) is 15.3 Å². The Morgan fingerprint density at radius 1 is 1.44 bits per heavy atom. The van der Waals surface area contributed by atoms with Crippen LogP contribution in [0.4, 0.5) is 5.82 Å². The van der Waals surface area contributed by atoms with Crippen molar-refractivity contribution in [3.8, 4) is 0 Å². The van der Waals surface area contributed by atoms with E-state index in [2.05, 4.69) is 36.1 Å². The van der Waals surface area contributed by atoms with Gasteiger partial charge in [-0.3, -0.25) is 4.79 Å². The largest absolute Gasteiger partial charge is 0.359 e. The van der Waals surface area contributed by atoms with Crippen molar-refractivity contribution in [2.24, 2.45) is 5.92 Å². The maximum atomic E-state index is 11.6. The van der Waals surface area contributed by atoms with Crippen LogP contribution >= 0.6 is 15.9 Å². The molecule has 0 aromatic carbocycles. The van der Waals surface area contributed by atoms with Crippen LogP contribution in [0.3, 0.4) is 0 Å². The van der Waals surface area contributed by atoms with Crippen LogP contribution < -0.4 is 10.2 Å². The Kier molecular flexibility index (Phi) is 4.16. The van der Waals surface area contributed by atoms with Gasteiger partial charge in [-0.15, -0.1) is 0 Å². The number of nitrogens with one attached hydrogen (secondary N) is 1. The summed E-state index contributed by atoms with van der Waals surface area (Å²) in [5.74, 6) is 1.98. The zero-order chi connectivity index (χ0) is 13.1. The van der Waals surface area contributed by atoms with Gasteiger partial charge in [0.25, 0.3) is 0 Å². The average molecular weight is 313 g/mol. The molecule has 1 aromatic rings. The lowest BCUT2D eigenvalue weighted by atomic mass is 9.96. The quantitative estimate of drug-likeness (QED) is 0.841. The Bertz CT molecular complexity index is 423. The number of amides is 1. The third kappa shape index (κ3) is 2.98. The highest BCUT2D eigenvalue weighted by molar-refractivity contribution is 9.10. The van der Waals surface area contributed by atoms with E-state index in [0.29, 0.717) is 0 Å². The van der Waals surface area contributed by atoms with Crippen LogP contribution in [-0.4, -0.2) is 36.0 Å². The van der Waals surface area contributed by atoms with E-state index in [0.717, 1.165) is 42.2 Å². The number of halogens is 1. The molecule has 1 aliphatic rings. The predicted octanol–water partition coefficient (Wildman–Crippen LogP) is 1.51. The second-order valence-corrected chi connectivity index (χ2v) is 5.28. The molecule has 0 unspecified atom stereocenters. The molecule has 0 bridgehead atoms. The smallest absolute Gasteiger partial charge is 0.222 e. The van der Waals surface area contributed by atoms with Crippen LogP contribution in [0.2, 0.25) is 0 Å². The van der Waals surface area contributed by atoms with Crippen LogP contribution in [0.5, 0.6) is 0 Å². The van der Waals surface area contributed by atoms with E-state index in [-0.39, 0.29) is 11.8 Å². The number of aryl methyl sites for hydroxylation is 1. The summed E-state index contributed by atoms with van der Waals surface area (Å²) >= 11 is 3.38. The molecule has 1 N–H and O–H groups in total. The van der Waals surface area contributed by atoms with Crippen LogP contribution in [0.25, 0.3) is 0 Å². The van der Waals surface area contributed by atoms with Crippen LogP contribution in [0, 0.1) is 12.8 Å². The Balaban J connectivity index is 2.03. The number of nitrogens with zero attached hydrogens (tertiary/aromatic N) is 3. The first-order chi connectivity index (χ1) is 8.60. The first-order valence-corrected chi connectivity index (χ1v) is 6.87. The van der Waals surface area contributed by atoms with Gasteiger partial charge in [0.1, 0.15) is 16.2 Å². The molecular formula is C12H17BrN4O. The number of hydrogen-bond donors (Lipinski definition) is 1. The fourth-order valence-corrected chi connectivity index (χ4v) is 2.71. The lowest BCUT2D eigenvalue weighted by molar-refractivity contribution is -0.125. The van der Waals surface area contributed by atoms with Gasteiger partial charge in [-0.05, 0) is 35.7 Å². The van der Waals surface area contributed by atoms with Crippen molar-refractivity contribution >= 4 is 27.7 Å². The Morgan fingerprint density at radius 2 is 2.11 bits per heavy atom. The highest BCUT2D eigenvalue weighted by atomic mass is 79.9. The topological polar surface area (TPSA) is 58.1 Å². The lowest BCUT2D eigenvalue weighted by Crippen LogP contribution is -2.40. The number of carbonyl (C=O) groups is 1. The van der Waals surface area contributed by atoms with E-state index in [1.807, 2.05) is 13.0 Å². The molecule has 2 rings (SSSR count). The molecule has 0 aliphatic carbocycles. The number of rotatable bonds is 2. The summed E-state index contributed by atoms with van der Waals surface area (Å²) in [6.45, 7) is 3.60. The zero-order valence-electron chi connectivity index (χ0n) is 10.6. The second-order valence-electron chi connectivity index (χ2n) is 4.47. The van der Waals surface area contributed by atoms with Crippen molar-refractivity contribution < 1.29 is 4.79 Å². The van der Waals surface area contributed by atoms with Crippen LogP contribution in [0.15, 0.2) is 10.7 Å².